The van der Waals surface area contributed by atoms with E-state index in [4.69, 9.17) is 4.52 Å². The summed E-state index contributed by atoms with van der Waals surface area (Å²) in [5, 5.41) is 12.4. The van der Waals surface area contributed by atoms with Crippen molar-refractivity contribution in [3.05, 3.63) is 47.2 Å². The quantitative estimate of drug-likeness (QED) is 0.774. The summed E-state index contributed by atoms with van der Waals surface area (Å²) in [5.74, 6) is 0.728. The molecule has 5 nitrogen and oxygen atoms in total. The van der Waals surface area contributed by atoms with Crippen LogP contribution in [0.25, 0.3) is 10.1 Å². The van der Waals surface area contributed by atoms with Crippen LogP contribution in [0.15, 0.2) is 40.2 Å². The van der Waals surface area contributed by atoms with Gasteiger partial charge in [0.1, 0.15) is 11.5 Å². The molecule has 2 heterocycles. The minimum atomic E-state index is -0.255. The maximum atomic E-state index is 11.9. The van der Waals surface area contributed by atoms with E-state index in [1.807, 2.05) is 36.6 Å². The van der Waals surface area contributed by atoms with Crippen LogP contribution in [0.3, 0.4) is 0 Å². The van der Waals surface area contributed by atoms with Crippen LogP contribution >= 0.6 is 11.3 Å². The lowest BCUT2D eigenvalue weighted by atomic mass is 10.2. The minimum absolute atomic E-state index is 0.255. The number of benzene rings is 1. The van der Waals surface area contributed by atoms with Gasteiger partial charge in [-0.1, -0.05) is 23.4 Å². The molecular formula is C14H13N3O2S. The second-order valence-electron chi connectivity index (χ2n) is 4.38. The number of hydrogen-bond donors (Lipinski definition) is 2. The lowest BCUT2D eigenvalue weighted by Gasteiger charge is -2.05. The summed E-state index contributed by atoms with van der Waals surface area (Å²) in [6, 6.07) is 9.49. The number of nitrogens with one attached hydrogen (secondary N) is 2. The molecule has 20 heavy (non-hydrogen) atoms. The van der Waals surface area contributed by atoms with Crippen molar-refractivity contribution in [1.82, 2.24) is 10.5 Å². The second-order valence-corrected chi connectivity index (χ2v) is 5.29. The number of aromatic nitrogens is 1. The van der Waals surface area contributed by atoms with Gasteiger partial charge in [-0.15, -0.1) is 11.3 Å². The zero-order chi connectivity index (χ0) is 13.9. The average Bonchev–Trinajstić information content (AvgIpc) is 3.04. The molecule has 0 fully saturated rings. The zero-order valence-corrected chi connectivity index (χ0v) is 11.7. The molecule has 2 aromatic heterocycles. The van der Waals surface area contributed by atoms with E-state index in [0.717, 1.165) is 21.5 Å². The van der Waals surface area contributed by atoms with Crippen LogP contribution in [0.4, 0.5) is 10.5 Å². The first-order valence-corrected chi connectivity index (χ1v) is 7.03. The van der Waals surface area contributed by atoms with Crippen molar-refractivity contribution in [3.8, 4) is 0 Å². The molecule has 0 saturated heterocycles. The van der Waals surface area contributed by atoms with E-state index in [9.17, 15) is 4.79 Å². The van der Waals surface area contributed by atoms with Crippen LogP contribution in [-0.4, -0.2) is 11.2 Å². The predicted molar refractivity (Wildman–Crippen MR) is 78.9 cm³/mol. The Morgan fingerprint density at radius 1 is 1.40 bits per heavy atom. The zero-order valence-electron chi connectivity index (χ0n) is 10.8. The third-order valence-electron chi connectivity index (χ3n) is 2.84. The Balaban J connectivity index is 1.64. The summed E-state index contributed by atoms with van der Waals surface area (Å²) >= 11 is 1.60. The van der Waals surface area contributed by atoms with Gasteiger partial charge in [-0.2, -0.15) is 0 Å². The lowest BCUT2D eigenvalue weighted by Crippen LogP contribution is -2.28. The predicted octanol–water partition coefficient (Wildman–Crippen LogP) is 3.52. The molecule has 3 rings (SSSR count). The normalized spacial score (nSPS) is 10.7. The molecule has 0 aliphatic heterocycles. The number of thiophene rings is 1. The maximum Gasteiger partial charge on any atom is 0.319 e. The summed E-state index contributed by atoms with van der Waals surface area (Å²) in [6.45, 7) is 2.15. The van der Waals surface area contributed by atoms with Gasteiger partial charge in [0.15, 0.2) is 0 Å². The van der Waals surface area contributed by atoms with Crippen LogP contribution in [0.1, 0.15) is 11.5 Å². The van der Waals surface area contributed by atoms with E-state index in [2.05, 4.69) is 15.8 Å². The standard InChI is InChI=1S/C14H13N3O2S/c1-9-6-10(17-19-9)7-15-14(18)16-12-8-20-13-5-3-2-4-11(12)13/h2-6,8H,7H2,1H3,(H2,15,16,18). The Bertz CT molecular complexity index is 748. The SMILES string of the molecule is Cc1cc(CNC(=O)Nc2csc3ccccc23)no1. The molecule has 0 aliphatic rings. The van der Waals surface area contributed by atoms with Crippen molar-refractivity contribution < 1.29 is 9.32 Å². The number of urea groups is 1. The van der Waals surface area contributed by atoms with Gasteiger partial charge >= 0.3 is 6.03 Å². The molecule has 0 unspecified atom stereocenters. The molecule has 6 heteroatoms. The van der Waals surface area contributed by atoms with Gasteiger partial charge in [-0.05, 0) is 13.0 Å². The highest BCUT2D eigenvalue weighted by molar-refractivity contribution is 7.17. The number of carbonyl (C=O) groups excluding carboxylic acids is 1. The summed E-state index contributed by atoms with van der Waals surface area (Å²) in [6.07, 6.45) is 0. The van der Waals surface area contributed by atoms with Crippen molar-refractivity contribution >= 4 is 33.1 Å². The molecule has 0 spiro atoms. The van der Waals surface area contributed by atoms with Crippen molar-refractivity contribution in [2.75, 3.05) is 5.32 Å². The van der Waals surface area contributed by atoms with Crippen molar-refractivity contribution in [2.24, 2.45) is 0 Å². The number of nitrogens with zero attached hydrogens (tertiary/aromatic N) is 1. The monoisotopic (exact) mass is 287 g/mol. The number of carbonyl (C=O) groups is 1. The molecular weight excluding hydrogens is 274 g/mol. The number of rotatable bonds is 3. The first-order chi connectivity index (χ1) is 9.72. The van der Waals surface area contributed by atoms with Gasteiger partial charge in [0.25, 0.3) is 0 Å². The maximum absolute atomic E-state index is 11.9. The topological polar surface area (TPSA) is 67.2 Å². The molecule has 0 radical (unpaired) electrons. The first kappa shape index (κ1) is 12.7. The van der Waals surface area contributed by atoms with Gasteiger partial charge < -0.3 is 15.2 Å². The largest absolute Gasteiger partial charge is 0.361 e. The third-order valence-corrected chi connectivity index (χ3v) is 3.80. The highest BCUT2D eigenvalue weighted by Crippen LogP contribution is 2.29. The highest BCUT2D eigenvalue weighted by atomic mass is 32.1. The van der Waals surface area contributed by atoms with E-state index >= 15 is 0 Å². The summed E-state index contributed by atoms with van der Waals surface area (Å²) in [4.78, 5) is 11.9. The molecule has 1 aromatic carbocycles. The van der Waals surface area contributed by atoms with Crippen molar-refractivity contribution in [1.29, 1.82) is 0 Å². The molecule has 0 atom stereocenters. The second kappa shape index (κ2) is 5.34. The molecule has 3 aromatic rings. The summed E-state index contributed by atoms with van der Waals surface area (Å²) < 4.78 is 6.09. The van der Waals surface area contributed by atoms with E-state index in [-0.39, 0.29) is 6.03 Å². The smallest absolute Gasteiger partial charge is 0.319 e. The number of amides is 2. The Morgan fingerprint density at radius 3 is 3.05 bits per heavy atom. The molecule has 102 valence electrons. The number of hydrogen-bond acceptors (Lipinski definition) is 4. The summed E-state index contributed by atoms with van der Waals surface area (Å²) in [7, 11) is 0. The summed E-state index contributed by atoms with van der Waals surface area (Å²) in [5.41, 5.74) is 1.52. The van der Waals surface area contributed by atoms with Crippen LogP contribution in [0, 0.1) is 6.92 Å². The molecule has 0 aliphatic carbocycles. The Hall–Kier alpha value is -2.34. The molecule has 2 N–H and O–H groups in total. The first-order valence-electron chi connectivity index (χ1n) is 6.15. The Morgan fingerprint density at radius 2 is 2.25 bits per heavy atom. The van der Waals surface area contributed by atoms with E-state index in [0.29, 0.717) is 12.2 Å². The third kappa shape index (κ3) is 2.65. The van der Waals surface area contributed by atoms with E-state index < -0.39 is 0 Å². The van der Waals surface area contributed by atoms with Crippen molar-refractivity contribution in [2.45, 2.75) is 13.5 Å². The number of aryl methyl sites for hydroxylation is 1. The lowest BCUT2D eigenvalue weighted by molar-refractivity contribution is 0.251. The van der Waals surface area contributed by atoms with Gasteiger partial charge in [0.2, 0.25) is 0 Å². The van der Waals surface area contributed by atoms with Crippen LogP contribution < -0.4 is 10.6 Å². The molecule has 0 saturated carbocycles. The van der Waals surface area contributed by atoms with Gasteiger partial charge in [0.05, 0.1) is 12.2 Å². The van der Waals surface area contributed by atoms with Crippen LogP contribution in [0.5, 0.6) is 0 Å². The van der Waals surface area contributed by atoms with Gasteiger partial charge in [-0.3, -0.25) is 0 Å². The fraction of sp³-hybridized carbons (Fsp3) is 0.143. The van der Waals surface area contributed by atoms with Crippen LogP contribution in [-0.2, 0) is 6.54 Å². The Labute approximate surface area is 119 Å². The average molecular weight is 287 g/mol. The Kier molecular flexibility index (Phi) is 3.39. The van der Waals surface area contributed by atoms with Crippen LogP contribution in [0.2, 0.25) is 0 Å². The number of anilines is 1. The minimum Gasteiger partial charge on any atom is -0.361 e. The number of fused-ring (bicyclic) bond motifs is 1. The van der Waals surface area contributed by atoms with E-state index in [1.165, 1.54) is 0 Å². The molecule has 0 bridgehead atoms. The highest BCUT2D eigenvalue weighted by Gasteiger charge is 2.08. The van der Waals surface area contributed by atoms with Gasteiger partial charge in [0, 0.05) is 21.5 Å². The van der Waals surface area contributed by atoms with Gasteiger partial charge in [-0.25, -0.2) is 4.79 Å². The fourth-order valence-corrected chi connectivity index (χ4v) is 2.81. The van der Waals surface area contributed by atoms with Crippen molar-refractivity contribution in [3.63, 3.8) is 0 Å². The van der Waals surface area contributed by atoms with E-state index in [1.54, 1.807) is 17.4 Å². The molecule has 2 amide bonds. The fourth-order valence-electron chi connectivity index (χ4n) is 1.91.